The number of thiocarbonyl (C=S) groups is 1. The second kappa shape index (κ2) is 10.7. The van der Waals surface area contributed by atoms with Gasteiger partial charge in [0.1, 0.15) is 12.4 Å². The van der Waals surface area contributed by atoms with E-state index in [-0.39, 0.29) is 11.0 Å². The van der Waals surface area contributed by atoms with Crippen LogP contribution in [0.1, 0.15) is 5.56 Å². The summed E-state index contributed by atoms with van der Waals surface area (Å²) >= 11 is 5.16. The molecule has 0 aliphatic heterocycles. The van der Waals surface area contributed by atoms with E-state index in [0.29, 0.717) is 18.1 Å². The van der Waals surface area contributed by atoms with Crippen molar-refractivity contribution in [3.05, 3.63) is 66.8 Å². The Hall–Kier alpha value is -3.32. The van der Waals surface area contributed by atoms with Gasteiger partial charge in [-0.1, -0.05) is 18.7 Å². The molecule has 0 aromatic heterocycles. The van der Waals surface area contributed by atoms with Crippen LogP contribution >= 0.6 is 12.2 Å². The molecule has 0 unspecified atom stereocenters. The predicted octanol–water partition coefficient (Wildman–Crippen LogP) is 3.80. The summed E-state index contributed by atoms with van der Waals surface area (Å²) in [6, 6.07) is 12.6. The Morgan fingerprint density at radius 2 is 1.82 bits per heavy atom. The van der Waals surface area contributed by atoms with Crippen molar-refractivity contribution in [1.29, 1.82) is 0 Å². The third-order valence-corrected chi connectivity index (χ3v) is 3.76. The van der Waals surface area contributed by atoms with Crippen LogP contribution in [-0.2, 0) is 4.79 Å². The zero-order valence-corrected chi connectivity index (χ0v) is 16.5. The molecular formula is C21H22N2O4S. The quantitative estimate of drug-likeness (QED) is 0.401. The van der Waals surface area contributed by atoms with Gasteiger partial charge in [0.25, 0.3) is 0 Å². The summed E-state index contributed by atoms with van der Waals surface area (Å²) in [5, 5.41) is 5.73. The highest BCUT2D eigenvalue weighted by atomic mass is 32.1. The zero-order chi connectivity index (χ0) is 20.4. The fourth-order valence-corrected chi connectivity index (χ4v) is 2.45. The minimum atomic E-state index is -0.349. The lowest BCUT2D eigenvalue weighted by Gasteiger charge is -2.09. The van der Waals surface area contributed by atoms with Gasteiger partial charge in [-0.15, -0.1) is 0 Å². The minimum Gasteiger partial charge on any atom is -0.493 e. The van der Waals surface area contributed by atoms with E-state index in [2.05, 4.69) is 17.2 Å². The number of anilines is 1. The average molecular weight is 398 g/mol. The summed E-state index contributed by atoms with van der Waals surface area (Å²) in [5.74, 6) is 1.58. The Balaban J connectivity index is 1.89. The zero-order valence-electron chi connectivity index (χ0n) is 15.7. The van der Waals surface area contributed by atoms with Gasteiger partial charge in [0.15, 0.2) is 16.6 Å². The van der Waals surface area contributed by atoms with E-state index < -0.39 is 0 Å². The topological polar surface area (TPSA) is 68.8 Å². The number of benzene rings is 2. The van der Waals surface area contributed by atoms with Crippen LogP contribution in [0.3, 0.4) is 0 Å². The van der Waals surface area contributed by atoms with Crippen molar-refractivity contribution >= 4 is 35.0 Å². The first kappa shape index (κ1) is 21.0. The maximum atomic E-state index is 12.1. The normalized spacial score (nSPS) is 10.2. The van der Waals surface area contributed by atoms with Gasteiger partial charge in [-0.2, -0.15) is 0 Å². The maximum absolute atomic E-state index is 12.1. The number of hydrogen-bond acceptors (Lipinski definition) is 5. The molecule has 0 spiro atoms. The summed E-state index contributed by atoms with van der Waals surface area (Å²) in [4.78, 5) is 12.1. The van der Waals surface area contributed by atoms with E-state index >= 15 is 0 Å². The van der Waals surface area contributed by atoms with Crippen molar-refractivity contribution in [1.82, 2.24) is 5.32 Å². The average Bonchev–Trinajstić information content (AvgIpc) is 2.71. The first-order valence-electron chi connectivity index (χ1n) is 8.41. The van der Waals surface area contributed by atoms with E-state index in [4.69, 9.17) is 26.4 Å². The lowest BCUT2D eigenvalue weighted by molar-refractivity contribution is -0.115. The molecule has 2 rings (SSSR count). The Kier molecular flexibility index (Phi) is 8.05. The van der Waals surface area contributed by atoms with Crippen molar-refractivity contribution in [2.45, 2.75) is 0 Å². The molecule has 2 aromatic carbocycles. The molecule has 0 aliphatic carbocycles. The first-order chi connectivity index (χ1) is 13.5. The van der Waals surface area contributed by atoms with Crippen LogP contribution in [0.5, 0.6) is 17.2 Å². The highest BCUT2D eigenvalue weighted by molar-refractivity contribution is 7.80. The van der Waals surface area contributed by atoms with Crippen LogP contribution in [0.25, 0.3) is 6.08 Å². The molecule has 6 nitrogen and oxygen atoms in total. The van der Waals surface area contributed by atoms with Crippen LogP contribution in [-0.4, -0.2) is 31.8 Å². The lowest BCUT2D eigenvalue weighted by Crippen LogP contribution is -2.32. The molecule has 0 heterocycles. The molecule has 28 heavy (non-hydrogen) atoms. The Morgan fingerprint density at radius 3 is 2.46 bits per heavy atom. The van der Waals surface area contributed by atoms with Gasteiger partial charge in [-0.3, -0.25) is 10.1 Å². The second-order valence-corrected chi connectivity index (χ2v) is 5.92. The number of rotatable bonds is 8. The van der Waals surface area contributed by atoms with E-state index in [1.807, 2.05) is 6.07 Å². The number of methoxy groups -OCH3 is 2. The third-order valence-electron chi connectivity index (χ3n) is 3.55. The van der Waals surface area contributed by atoms with Crippen molar-refractivity contribution < 1.29 is 19.0 Å². The van der Waals surface area contributed by atoms with Gasteiger partial charge in [-0.25, -0.2) is 0 Å². The monoisotopic (exact) mass is 398 g/mol. The smallest absolute Gasteiger partial charge is 0.250 e. The lowest BCUT2D eigenvalue weighted by atomic mass is 10.2. The second-order valence-electron chi connectivity index (χ2n) is 5.52. The van der Waals surface area contributed by atoms with Crippen molar-refractivity contribution in [3.8, 4) is 17.2 Å². The van der Waals surface area contributed by atoms with Gasteiger partial charge in [0.05, 0.1) is 14.2 Å². The number of nitrogens with one attached hydrogen (secondary N) is 2. The van der Waals surface area contributed by atoms with E-state index in [1.165, 1.54) is 6.08 Å². The molecule has 146 valence electrons. The fraction of sp³-hybridized carbons (Fsp3) is 0.143. The van der Waals surface area contributed by atoms with Gasteiger partial charge in [0.2, 0.25) is 5.91 Å². The molecule has 2 N–H and O–H groups in total. The molecule has 0 bridgehead atoms. The summed E-state index contributed by atoms with van der Waals surface area (Å²) in [6.07, 6.45) is 4.72. The number of carbonyl (C=O) groups excluding carboxylic acids is 1. The summed E-state index contributed by atoms with van der Waals surface area (Å²) < 4.78 is 15.8. The molecule has 0 aliphatic rings. The van der Waals surface area contributed by atoms with Crippen LogP contribution in [0.2, 0.25) is 0 Å². The van der Waals surface area contributed by atoms with Gasteiger partial charge >= 0.3 is 0 Å². The van der Waals surface area contributed by atoms with E-state index in [9.17, 15) is 4.79 Å². The van der Waals surface area contributed by atoms with Crippen LogP contribution in [0.15, 0.2) is 61.2 Å². The Bertz CT molecular complexity index is 863. The van der Waals surface area contributed by atoms with Gasteiger partial charge < -0.3 is 19.5 Å². The standard InChI is InChI=1S/C21H22N2O4S/c1-4-13-27-17-9-7-16(8-10-17)22-21(28)23-20(24)12-6-15-5-11-18(25-2)19(14-15)26-3/h4-12,14H,1,13H2,2-3H3,(H2,22,23,24,28). The Morgan fingerprint density at radius 1 is 1.11 bits per heavy atom. The van der Waals surface area contributed by atoms with Crippen molar-refractivity contribution in [3.63, 3.8) is 0 Å². The van der Waals surface area contributed by atoms with Crippen LogP contribution < -0.4 is 24.8 Å². The number of amides is 1. The predicted molar refractivity (Wildman–Crippen MR) is 115 cm³/mol. The SMILES string of the molecule is C=CCOc1ccc(NC(=S)NC(=O)C=Cc2ccc(OC)c(OC)c2)cc1. The van der Waals surface area contributed by atoms with E-state index in [1.54, 1.807) is 62.8 Å². The Labute approximate surface area is 169 Å². The van der Waals surface area contributed by atoms with Crippen molar-refractivity contribution in [2.75, 3.05) is 26.1 Å². The largest absolute Gasteiger partial charge is 0.493 e. The van der Waals surface area contributed by atoms with E-state index in [0.717, 1.165) is 17.0 Å². The first-order valence-corrected chi connectivity index (χ1v) is 8.82. The maximum Gasteiger partial charge on any atom is 0.250 e. The van der Waals surface area contributed by atoms with Gasteiger partial charge in [-0.05, 0) is 60.3 Å². The molecule has 0 saturated heterocycles. The molecule has 2 aromatic rings. The molecular weight excluding hydrogens is 376 g/mol. The van der Waals surface area contributed by atoms with Gasteiger partial charge in [0, 0.05) is 11.8 Å². The molecule has 0 saturated carbocycles. The highest BCUT2D eigenvalue weighted by Gasteiger charge is 2.05. The summed E-state index contributed by atoms with van der Waals surface area (Å²) in [6.45, 7) is 4.04. The minimum absolute atomic E-state index is 0.196. The van der Waals surface area contributed by atoms with Crippen LogP contribution in [0.4, 0.5) is 5.69 Å². The molecule has 7 heteroatoms. The molecule has 0 atom stereocenters. The third kappa shape index (κ3) is 6.44. The van der Waals surface area contributed by atoms with Crippen molar-refractivity contribution in [2.24, 2.45) is 0 Å². The van der Waals surface area contributed by atoms with Crippen LogP contribution in [0, 0.1) is 0 Å². The summed E-state index contributed by atoms with van der Waals surface area (Å²) in [7, 11) is 3.12. The number of ether oxygens (including phenoxy) is 3. The number of hydrogen-bond donors (Lipinski definition) is 2. The number of carbonyl (C=O) groups is 1. The molecule has 0 fully saturated rings. The highest BCUT2D eigenvalue weighted by Crippen LogP contribution is 2.27. The molecule has 0 radical (unpaired) electrons. The molecule has 1 amide bonds. The summed E-state index contributed by atoms with van der Waals surface area (Å²) in [5.41, 5.74) is 1.53. The fourth-order valence-electron chi connectivity index (χ4n) is 2.23.